The van der Waals surface area contributed by atoms with E-state index in [-0.39, 0.29) is 6.10 Å². The van der Waals surface area contributed by atoms with Crippen molar-refractivity contribution in [3.63, 3.8) is 0 Å². The van der Waals surface area contributed by atoms with Crippen LogP contribution in [-0.2, 0) is 14.2 Å². The Morgan fingerprint density at radius 1 is 1.40 bits per heavy atom. The summed E-state index contributed by atoms with van der Waals surface area (Å²) < 4.78 is 16.1. The quantitative estimate of drug-likeness (QED) is 0.513. The normalized spacial score (nSPS) is 23.7. The van der Waals surface area contributed by atoms with Crippen molar-refractivity contribution in [2.45, 2.75) is 18.3 Å². The summed E-state index contributed by atoms with van der Waals surface area (Å²) in [6, 6.07) is 0. The molecular weight excluding hydrogens is 192 g/mol. The van der Waals surface area contributed by atoms with E-state index in [4.69, 9.17) is 14.2 Å². The van der Waals surface area contributed by atoms with Crippen molar-refractivity contribution in [1.29, 1.82) is 0 Å². The third kappa shape index (κ3) is 2.37. The van der Waals surface area contributed by atoms with Gasteiger partial charge in [-0.25, -0.2) is 0 Å². The van der Waals surface area contributed by atoms with Crippen LogP contribution in [0.4, 0.5) is 0 Å². The van der Waals surface area contributed by atoms with Crippen molar-refractivity contribution in [3.05, 3.63) is 36.5 Å². The fourth-order valence-corrected chi connectivity index (χ4v) is 1.70. The zero-order valence-corrected chi connectivity index (χ0v) is 9.53. The summed E-state index contributed by atoms with van der Waals surface area (Å²) in [4.78, 5) is 0. The number of allylic oxidation sites excluding steroid dienone is 3. The first-order chi connectivity index (χ1) is 7.22. The molecule has 1 aliphatic carbocycles. The van der Waals surface area contributed by atoms with Gasteiger partial charge in [-0.05, 0) is 24.1 Å². The largest absolute Gasteiger partial charge is 0.371 e. The van der Waals surface area contributed by atoms with Gasteiger partial charge in [-0.2, -0.15) is 0 Å². The maximum Gasteiger partial charge on any atom is 0.218 e. The van der Waals surface area contributed by atoms with E-state index in [1.165, 1.54) is 0 Å². The molecule has 3 heteroatoms. The van der Waals surface area contributed by atoms with Gasteiger partial charge < -0.3 is 14.2 Å². The zero-order valence-electron chi connectivity index (χ0n) is 9.53. The predicted molar refractivity (Wildman–Crippen MR) is 59.6 cm³/mol. The van der Waals surface area contributed by atoms with Gasteiger partial charge in [0.15, 0.2) is 0 Å². The van der Waals surface area contributed by atoms with Gasteiger partial charge in [0.1, 0.15) is 6.10 Å². The van der Waals surface area contributed by atoms with Crippen LogP contribution in [0.15, 0.2) is 36.5 Å². The van der Waals surface area contributed by atoms with Crippen LogP contribution in [0.2, 0.25) is 0 Å². The Labute approximate surface area is 91.0 Å². The topological polar surface area (TPSA) is 27.7 Å². The Balaban J connectivity index is 2.96. The lowest BCUT2D eigenvalue weighted by Gasteiger charge is -2.35. The van der Waals surface area contributed by atoms with E-state index < -0.39 is 5.79 Å². The standard InChI is InChI=1S/C12H18O3/c1-5-6-10-7-8-11(13-2)12(9-10,14-3)15-4/h5,7-9,11H,1,6H2,2-4H3. The summed E-state index contributed by atoms with van der Waals surface area (Å²) in [6.07, 6.45) is 8.29. The second kappa shape index (κ2) is 5.26. The van der Waals surface area contributed by atoms with Crippen molar-refractivity contribution >= 4 is 0 Å². The monoisotopic (exact) mass is 210 g/mol. The molecule has 0 aromatic rings. The Kier molecular flexibility index (Phi) is 4.27. The minimum absolute atomic E-state index is 0.221. The minimum Gasteiger partial charge on any atom is -0.371 e. The van der Waals surface area contributed by atoms with Crippen LogP contribution in [0.5, 0.6) is 0 Å². The van der Waals surface area contributed by atoms with E-state index in [1.807, 2.05) is 24.3 Å². The SMILES string of the molecule is C=CCC1=CC(OC)(OC)C(OC)C=C1. The van der Waals surface area contributed by atoms with Crippen molar-refractivity contribution < 1.29 is 14.2 Å². The molecule has 1 atom stereocenters. The fourth-order valence-electron chi connectivity index (χ4n) is 1.70. The molecule has 15 heavy (non-hydrogen) atoms. The molecule has 0 bridgehead atoms. The van der Waals surface area contributed by atoms with Crippen molar-refractivity contribution in [2.24, 2.45) is 0 Å². The summed E-state index contributed by atoms with van der Waals surface area (Å²) in [5.74, 6) is -0.818. The van der Waals surface area contributed by atoms with Crippen molar-refractivity contribution in [3.8, 4) is 0 Å². The Hall–Kier alpha value is -0.900. The number of rotatable bonds is 5. The molecule has 0 N–H and O–H groups in total. The second-order valence-corrected chi connectivity index (χ2v) is 3.36. The van der Waals surface area contributed by atoms with Crippen LogP contribution in [0.25, 0.3) is 0 Å². The molecule has 0 aliphatic heterocycles. The third-order valence-corrected chi connectivity index (χ3v) is 2.54. The van der Waals surface area contributed by atoms with Gasteiger partial charge in [0, 0.05) is 21.3 Å². The Morgan fingerprint density at radius 3 is 2.53 bits per heavy atom. The van der Waals surface area contributed by atoms with Gasteiger partial charge >= 0.3 is 0 Å². The van der Waals surface area contributed by atoms with Gasteiger partial charge in [-0.3, -0.25) is 0 Å². The average Bonchev–Trinajstić information content (AvgIpc) is 2.29. The molecule has 0 spiro atoms. The highest BCUT2D eigenvalue weighted by Crippen LogP contribution is 2.29. The lowest BCUT2D eigenvalue weighted by atomic mass is 9.96. The first-order valence-electron chi connectivity index (χ1n) is 4.86. The first kappa shape index (κ1) is 12.2. The van der Waals surface area contributed by atoms with Crippen LogP contribution in [0.1, 0.15) is 6.42 Å². The molecular formula is C12H18O3. The third-order valence-electron chi connectivity index (χ3n) is 2.54. The fraction of sp³-hybridized carbons (Fsp3) is 0.500. The molecule has 1 rings (SSSR count). The molecule has 0 radical (unpaired) electrons. The lowest BCUT2D eigenvalue weighted by molar-refractivity contribution is -0.221. The highest BCUT2D eigenvalue weighted by molar-refractivity contribution is 5.31. The van der Waals surface area contributed by atoms with Gasteiger partial charge in [0.05, 0.1) is 0 Å². The van der Waals surface area contributed by atoms with Crippen molar-refractivity contribution in [1.82, 2.24) is 0 Å². The highest BCUT2D eigenvalue weighted by atomic mass is 16.7. The molecule has 0 saturated heterocycles. The first-order valence-corrected chi connectivity index (χ1v) is 4.86. The molecule has 0 amide bonds. The summed E-state index contributed by atoms with van der Waals surface area (Å²) in [6.45, 7) is 3.71. The lowest BCUT2D eigenvalue weighted by Crippen LogP contribution is -2.45. The predicted octanol–water partition coefficient (Wildman–Crippen LogP) is 2.06. The number of ether oxygens (including phenoxy) is 3. The summed E-state index contributed by atoms with van der Waals surface area (Å²) in [7, 11) is 4.85. The minimum atomic E-state index is -0.818. The van der Waals surface area contributed by atoms with E-state index in [9.17, 15) is 0 Å². The summed E-state index contributed by atoms with van der Waals surface area (Å²) in [5, 5.41) is 0. The van der Waals surface area contributed by atoms with Gasteiger partial charge in [-0.1, -0.05) is 12.2 Å². The van der Waals surface area contributed by atoms with E-state index in [0.29, 0.717) is 0 Å². The smallest absolute Gasteiger partial charge is 0.218 e. The van der Waals surface area contributed by atoms with E-state index in [1.54, 1.807) is 21.3 Å². The second-order valence-electron chi connectivity index (χ2n) is 3.36. The van der Waals surface area contributed by atoms with Crippen LogP contribution < -0.4 is 0 Å². The average molecular weight is 210 g/mol. The zero-order chi connectivity index (χ0) is 11.3. The molecule has 0 aromatic heterocycles. The van der Waals surface area contributed by atoms with Crippen LogP contribution in [0.3, 0.4) is 0 Å². The molecule has 0 aromatic carbocycles. The molecule has 3 nitrogen and oxygen atoms in total. The maximum absolute atomic E-state index is 5.40. The van der Waals surface area contributed by atoms with Crippen LogP contribution in [-0.4, -0.2) is 33.2 Å². The Bertz CT molecular complexity index is 275. The van der Waals surface area contributed by atoms with E-state index in [0.717, 1.165) is 12.0 Å². The number of methoxy groups -OCH3 is 3. The van der Waals surface area contributed by atoms with Crippen molar-refractivity contribution in [2.75, 3.05) is 21.3 Å². The Morgan fingerprint density at radius 2 is 2.07 bits per heavy atom. The maximum atomic E-state index is 5.40. The molecule has 0 heterocycles. The number of hydrogen-bond acceptors (Lipinski definition) is 3. The van der Waals surface area contributed by atoms with Crippen LogP contribution >= 0.6 is 0 Å². The molecule has 1 aliphatic rings. The molecule has 0 saturated carbocycles. The molecule has 84 valence electrons. The van der Waals surface area contributed by atoms with Crippen LogP contribution in [0, 0.1) is 0 Å². The molecule has 1 unspecified atom stereocenters. The summed E-state index contributed by atoms with van der Waals surface area (Å²) >= 11 is 0. The van der Waals surface area contributed by atoms with Gasteiger partial charge in [-0.15, -0.1) is 6.58 Å². The van der Waals surface area contributed by atoms with E-state index in [2.05, 4.69) is 6.58 Å². The van der Waals surface area contributed by atoms with Gasteiger partial charge in [0.25, 0.3) is 0 Å². The molecule has 0 fully saturated rings. The number of hydrogen-bond donors (Lipinski definition) is 0. The highest BCUT2D eigenvalue weighted by Gasteiger charge is 2.38. The van der Waals surface area contributed by atoms with Gasteiger partial charge in [0.2, 0.25) is 5.79 Å². The summed E-state index contributed by atoms with van der Waals surface area (Å²) in [5.41, 5.74) is 1.11. The van der Waals surface area contributed by atoms with E-state index >= 15 is 0 Å².